The first kappa shape index (κ1) is 20.9. The molecule has 27 heavy (non-hydrogen) atoms. The zero-order valence-corrected chi connectivity index (χ0v) is 16.3. The number of hydrogen-bond donors (Lipinski definition) is 1. The number of carbonyl (C=O) groups is 1. The van der Waals surface area contributed by atoms with Gasteiger partial charge in [-0.05, 0) is 50.1 Å². The predicted octanol–water partition coefficient (Wildman–Crippen LogP) is 4.86. The van der Waals surface area contributed by atoms with Crippen LogP contribution in [0.4, 0.5) is 14.5 Å². The standard InChI is InChI=1S/C18H16ClF2N3O2S/c1-9-10(2)13(7-22)17(23-11(9)3)27-8-16(25)24-12-4-5-15(14(19)6-12)26-18(20)21/h4-6,18H,8H2,1-3H3,(H,24,25). The lowest BCUT2D eigenvalue weighted by molar-refractivity contribution is -0.113. The molecular weight excluding hydrogens is 396 g/mol. The monoisotopic (exact) mass is 411 g/mol. The van der Waals surface area contributed by atoms with Crippen molar-refractivity contribution in [3.05, 3.63) is 45.6 Å². The number of alkyl halides is 2. The van der Waals surface area contributed by atoms with Crippen molar-refractivity contribution in [3.63, 3.8) is 0 Å². The third-order valence-electron chi connectivity index (χ3n) is 3.85. The van der Waals surface area contributed by atoms with Gasteiger partial charge in [0.1, 0.15) is 16.8 Å². The van der Waals surface area contributed by atoms with Crippen LogP contribution in [0.25, 0.3) is 0 Å². The SMILES string of the molecule is Cc1nc(SCC(=O)Nc2ccc(OC(F)F)c(Cl)c2)c(C#N)c(C)c1C. The fraction of sp³-hybridized carbons (Fsp3) is 0.278. The molecule has 0 saturated heterocycles. The Balaban J connectivity index is 2.05. The minimum atomic E-state index is -2.98. The van der Waals surface area contributed by atoms with Gasteiger partial charge in [0.2, 0.25) is 5.91 Å². The van der Waals surface area contributed by atoms with Crippen LogP contribution in [0.2, 0.25) is 5.02 Å². The predicted molar refractivity (Wildman–Crippen MR) is 101 cm³/mol. The van der Waals surface area contributed by atoms with Gasteiger partial charge in [-0.1, -0.05) is 23.4 Å². The van der Waals surface area contributed by atoms with Crippen LogP contribution in [0.5, 0.6) is 5.75 Å². The van der Waals surface area contributed by atoms with E-state index >= 15 is 0 Å². The summed E-state index contributed by atoms with van der Waals surface area (Å²) in [4.78, 5) is 16.5. The second kappa shape index (κ2) is 9.02. The number of anilines is 1. The molecule has 0 radical (unpaired) electrons. The second-order valence-corrected chi connectivity index (χ2v) is 6.97. The number of pyridine rings is 1. The number of thioether (sulfide) groups is 1. The molecule has 142 valence electrons. The first-order chi connectivity index (χ1) is 12.7. The highest BCUT2D eigenvalue weighted by atomic mass is 35.5. The summed E-state index contributed by atoms with van der Waals surface area (Å²) in [6.07, 6.45) is 0. The van der Waals surface area contributed by atoms with Crippen molar-refractivity contribution in [2.24, 2.45) is 0 Å². The van der Waals surface area contributed by atoms with Crippen LogP contribution in [0, 0.1) is 32.1 Å². The zero-order valence-electron chi connectivity index (χ0n) is 14.8. The fourth-order valence-electron chi connectivity index (χ4n) is 2.25. The van der Waals surface area contributed by atoms with Crippen LogP contribution >= 0.6 is 23.4 Å². The maximum atomic E-state index is 12.2. The van der Waals surface area contributed by atoms with Gasteiger partial charge in [0.05, 0.1) is 16.3 Å². The summed E-state index contributed by atoms with van der Waals surface area (Å²) in [7, 11) is 0. The summed E-state index contributed by atoms with van der Waals surface area (Å²) in [5, 5.41) is 12.4. The number of nitriles is 1. The Hall–Kier alpha value is -2.37. The molecule has 0 aliphatic carbocycles. The molecule has 1 amide bonds. The lowest BCUT2D eigenvalue weighted by atomic mass is 10.1. The maximum absolute atomic E-state index is 12.2. The number of hydrogen-bond acceptors (Lipinski definition) is 5. The van der Waals surface area contributed by atoms with Crippen LogP contribution in [-0.2, 0) is 4.79 Å². The lowest BCUT2D eigenvalue weighted by Crippen LogP contribution is -2.14. The van der Waals surface area contributed by atoms with Crippen molar-refractivity contribution in [2.75, 3.05) is 11.1 Å². The van der Waals surface area contributed by atoms with Gasteiger partial charge in [-0.15, -0.1) is 0 Å². The van der Waals surface area contributed by atoms with Crippen LogP contribution in [0.15, 0.2) is 23.2 Å². The lowest BCUT2D eigenvalue weighted by Gasteiger charge is -2.12. The number of amides is 1. The normalized spacial score (nSPS) is 10.6. The van der Waals surface area contributed by atoms with Gasteiger partial charge in [0, 0.05) is 11.4 Å². The minimum Gasteiger partial charge on any atom is -0.433 e. The molecule has 0 bridgehead atoms. The van der Waals surface area contributed by atoms with E-state index in [1.807, 2.05) is 20.8 Å². The number of rotatable bonds is 6. The Morgan fingerprint density at radius 2 is 2.07 bits per heavy atom. The molecule has 1 heterocycles. The van der Waals surface area contributed by atoms with Crippen LogP contribution in [-0.4, -0.2) is 23.3 Å². The van der Waals surface area contributed by atoms with Gasteiger partial charge in [0.15, 0.2) is 0 Å². The Morgan fingerprint density at radius 1 is 1.37 bits per heavy atom. The molecule has 2 rings (SSSR count). The molecule has 5 nitrogen and oxygen atoms in total. The molecule has 0 aliphatic heterocycles. The molecule has 0 saturated carbocycles. The fourth-order valence-corrected chi connectivity index (χ4v) is 3.36. The van der Waals surface area contributed by atoms with E-state index in [0.29, 0.717) is 16.3 Å². The molecule has 9 heteroatoms. The summed E-state index contributed by atoms with van der Waals surface area (Å²) >= 11 is 7.01. The molecule has 0 spiro atoms. The van der Waals surface area contributed by atoms with Crippen LogP contribution in [0.1, 0.15) is 22.4 Å². The first-order valence-electron chi connectivity index (χ1n) is 7.77. The number of nitrogens with one attached hydrogen (secondary N) is 1. The van der Waals surface area contributed by atoms with E-state index in [-0.39, 0.29) is 22.4 Å². The van der Waals surface area contributed by atoms with E-state index in [0.717, 1.165) is 28.6 Å². The van der Waals surface area contributed by atoms with Crippen molar-refractivity contribution in [3.8, 4) is 11.8 Å². The number of benzene rings is 1. The highest BCUT2D eigenvalue weighted by Gasteiger charge is 2.15. The zero-order chi connectivity index (χ0) is 20.1. The Kier molecular flexibility index (Phi) is 6.99. The average molecular weight is 412 g/mol. The number of carbonyl (C=O) groups excluding carboxylic acids is 1. The Bertz CT molecular complexity index is 916. The summed E-state index contributed by atoms with van der Waals surface area (Å²) in [6.45, 7) is 2.60. The van der Waals surface area contributed by atoms with Crippen molar-refractivity contribution in [2.45, 2.75) is 32.4 Å². The van der Waals surface area contributed by atoms with E-state index in [4.69, 9.17) is 11.6 Å². The maximum Gasteiger partial charge on any atom is 0.387 e. The highest BCUT2D eigenvalue weighted by molar-refractivity contribution is 8.00. The van der Waals surface area contributed by atoms with E-state index in [9.17, 15) is 18.8 Å². The molecule has 0 atom stereocenters. The van der Waals surface area contributed by atoms with E-state index in [2.05, 4.69) is 21.1 Å². The smallest absolute Gasteiger partial charge is 0.387 e. The molecule has 1 aromatic heterocycles. The van der Waals surface area contributed by atoms with Crippen LogP contribution < -0.4 is 10.1 Å². The first-order valence-corrected chi connectivity index (χ1v) is 9.14. The van der Waals surface area contributed by atoms with Crippen molar-refractivity contribution >= 4 is 35.0 Å². The molecule has 1 N–H and O–H groups in total. The van der Waals surface area contributed by atoms with Gasteiger partial charge in [-0.25, -0.2) is 4.98 Å². The van der Waals surface area contributed by atoms with E-state index < -0.39 is 6.61 Å². The molecule has 0 unspecified atom stereocenters. The van der Waals surface area contributed by atoms with Gasteiger partial charge in [-0.3, -0.25) is 4.79 Å². The largest absolute Gasteiger partial charge is 0.433 e. The average Bonchev–Trinajstić information content (AvgIpc) is 2.60. The summed E-state index contributed by atoms with van der Waals surface area (Å²) in [5.74, 6) is -0.496. The number of nitrogens with zero attached hydrogens (tertiary/aromatic N) is 2. The molecule has 1 aromatic carbocycles. The summed E-state index contributed by atoms with van der Waals surface area (Å²) in [6, 6.07) is 6.10. The van der Waals surface area contributed by atoms with Crippen molar-refractivity contribution in [1.29, 1.82) is 5.26 Å². The number of ether oxygens (including phenoxy) is 1. The number of aromatic nitrogens is 1. The Labute approximate surface area is 164 Å². The van der Waals surface area contributed by atoms with Crippen LogP contribution in [0.3, 0.4) is 0 Å². The molecule has 0 aliphatic rings. The molecule has 0 fully saturated rings. The van der Waals surface area contributed by atoms with Gasteiger partial charge >= 0.3 is 6.61 Å². The topological polar surface area (TPSA) is 75.0 Å². The third kappa shape index (κ3) is 5.31. The quantitative estimate of drug-likeness (QED) is 0.687. The third-order valence-corrected chi connectivity index (χ3v) is 5.12. The highest BCUT2D eigenvalue weighted by Crippen LogP contribution is 2.30. The Morgan fingerprint density at radius 3 is 2.67 bits per heavy atom. The number of aryl methyl sites for hydroxylation is 1. The van der Waals surface area contributed by atoms with Gasteiger partial charge in [-0.2, -0.15) is 14.0 Å². The summed E-state index contributed by atoms with van der Waals surface area (Å²) in [5.41, 5.74) is 3.38. The molecule has 2 aromatic rings. The van der Waals surface area contributed by atoms with Gasteiger partial charge in [0.25, 0.3) is 0 Å². The van der Waals surface area contributed by atoms with E-state index in [1.54, 1.807) is 0 Å². The minimum absolute atomic E-state index is 0.0243. The number of halogens is 3. The molecular formula is C18H16ClF2N3O2S. The second-order valence-electron chi connectivity index (χ2n) is 5.60. The van der Waals surface area contributed by atoms with Gasteiger partial charge < -0.3 is 10.1 Å². The van der Waals surface area contributed by atoms with Crippen molar-refractivity contribution < 1.29 is 18.3 Å². The van der Waals surface area contributed by atoms with E-state index in [1.165, 1.54) is 18.2 Å². The van der Waals surface area contributed by atoms with Crippen molar-refractivity contribution in [1.82, 2.24) is 4.98 Å². The summed E-state index contributed by atoms with van der Waals surface area (Å²) < 4.78 is 28.7.